The van der Waals surface area contributed by atoms with Crippen LogP contribution in [0.25, 0.3) is 0 Å². The Morgan fingerprint density at radius 1 is 1.21 bits per heavy atom. The molecule has 0 amide bonds. The van der Waals surface area contributed by atoms with Crippen molar-refractivity contribution in [3.8, 4) is 0 Å². The van der Waals surface area contributed by atoms with Crippen LogP contribution >= 0.6 is 22.6 Å². The van der Waals surface area contributed by atoms with Crippen molar-refractivity contribution in [1.29, 1.82) is 0 Å². The van der Waals surface area contributed by atoms with Gasteiger partial charge in [-0.25, -0.2) is 0 Å². The highest BCUT2D eigenvalue weighted by atomic mass is 127. The molecule has 0 fully saturated rings. The molecule has 0 aliphatic rings. The van der Waals surface area contributed by atoms with Crippen molar-refractivity contribution in [3.63, 3.8) is 0 Å². The van der Waals surface area contributed by atoms with Crippen LogP contribution in [0, 0.1) is 0 Å². The number of benzene rings is 1. The summed E-state index contributed by atoms with van der Waals surface area (Å²) in [5.74, 6) is 0.639. The normalized spacial score (nSPS) is 13.0. The summed E-state index contributed by atoms with van der Waals surface area (Å²) in [6.07, 6.45) is 0. The third kappa shape index (κ3) is 2.75. The predicted molar refractivity (Wildman–Crippen MR) is 75.6 cm³/mol. The fourth-order valence-corrected chi connectivity index (χ4v) is 2.11. The standard InChI is InChI=1S/C12H18BI/c1-8(2)11-7-10(9(3)14)5-6-12(11)13-4/h5-9,13H,1-4H3. The number of hydrogen-bond acceptors (Lipinski definition) is 0. The largest absolute Gasteiger partial charge is 0.154 e. The second-order valence-electron chi connectivity index (χ2n) is 4.08. The van der Waals surface area contributed by atoms with Gasteiger partial charge in [0.15, 0.2) is 7.28 Å². The average molecular weight is 300 g/mol. The SMILES string of the molecule is CBc1ccc(C(C)I)cc1C(C)C. The third-order valence-electron chi connectivity index (χ3n) is 2.63. The highest BCUT2D eigenvalue weighted by Crippen LogP contribution is 2.24. The van der Waals surface area contributed by atoms with E-state index in [4.69, 9.17) is 0 Å². The van der Waals surface area contributed by atoms with Crippen LogP contribution in [-0.4, -0.2) is 7.28 Å². The molecule has 0 nitrogen and oxygen atoms in total. The molecular weight excluding hydrogens is 282 g/mol. The van der Waals surface area contributed by atoms with Crippen LogP contribution in [0.1, 0.15) is 41.7 Å². The Labute approximate surface area is 102 Å². The molecule has 0 bridgehead atoms. The van der Waals surface area contributed by atoms with Gasteiger partial charge in [0, 0.05) is 3.92 Å². The molecule has 0 saturated heterocycles. The van der Waals surface area contributed by atoms with Gasteiger partial charge in [0.05, 0.1) is 0 Å². The molecule has 1 unspecified atom stereocenters. The van der Waals surface area contributed by atoms with Gasteiger partial charge in [-0.05, 0) is 18.4 Å². The molecule has 0 radical (unpaired) electrons. The first kappa shape index (κ1) is 12.1. The second kappa shape index (κ2) is 5.20. The van der Waals surface area contributed by atoms with E-state index in [-0.39, 0.29) is 0 Å². The zero-order valence-corrected chi connectivity index (χ0v) is 11.6. The topological polar surface area (TPSA) is 0 Å². The van der Waals surface area contributed by atoms with Gasteiger partial charge >= 0.3 is 0 Å². The van der Waals surface area contributed by atoms with E-state index in [2.05, 4.69) is 68.4 Å². The molecular formula is C12H18BI. The van der Waals surface area contributed by atoms with E-state index in [9.17, 15) is 0 Å². The molecule has 0 N–H and O–H groups in total. The highest BCUT2D eigenvalue weighted by molar-refractivity contribution is 14.1. The lowest BCUT2D eigenvalue weighted by molar-refractivity contribution is 0.869. The molecule has 1 aromatic carbocycles. The first-order chi connectivity index (χ1) is 6.56. The maximum absolute atomic E-state index is 2.47. The molecule has 1 atom stereocenters. The van der Waals surface area contributed by atoms with Gasteiger partial charge in [0.2, 0.25) is 0 Å². The molecule has 2 heteroatoms. The van der Waals surface area contributed by atoms with Crippen LogP contribution in [0.5, 0.6) is 0 Å². The lowest BCUT2D eigenvalue weighted by atomic mass is 9.69. The van der Waals surface area contributed by atoms with Crippen molar-refractivity contribution < 1.29 is 0 Å². The average Bonchev–Trinajstić information content (AvgIpc) is 2.16. The van der Waals surface area contributed by atoms with Gasteiger partial charge in [-0.2, -0.15) is 0 Å². The van der Waals surface area contributed by atoms with Gasteiger partial charge in [-0.15, -0.1) is 0 Å². The quantitative estimate of drug-likeness (QED) is 0.456. The minimum atomic E-state index is 0.607. The van der Waals surface area contributed by atoms with Crippen LogP contribution in [0.15, 0.2) is 18.2 Å². The summed E-state index contributed by atoms with van der Waals surface area (Å²) in [7, 11) is 1.14. The minimum absolute atomic E-state index is 0.607. The van der Waals surface area contributed by atoms with Crippen LogP contribution < -0.4 is 5.46 Å². The smallest absolute Gasteiger partial charge is 0.0849 e. The molecule has 0 spiro atoms. The van der Waals surface area contributed by atoms with Crippen molar-refractivity contribution in [2.24, 2.45) is 0 Å². The van der Waals surface area contributed by atoms with Gasteiger partial charge in [0.1, 0.15) is 0 Å². The van der Waals surface area contributed by atoms with E-state index in [1.807, 2.05) is 0 Å². The zero-order valence-electron chi connectivity index (χ0n) is 9.47. The summed E-state index contributed by atoms with van der Waals surface area (Å²) in [6.45, 7) is 9.02. The van der Waals surface area contributed by atoms with Crippen molar-refractivity contribution in [2.45, 2.75) is 37.4 Å². The second-order valence-corrected chi connectivity index (χ2v) is 5.95. The van der Waals surface area contributed by atoms with Gasteiger partial charge in [0.25, 0.3) is 0 Å². The summed E-state index contributed by atoms with van der Waals surface area (Å²) in [4.78, 5) is 0. The van der Waals surface area contributed by atoms with Crippen molar-refractivity contribution in [1.82, 2.24) is 0 Å². The van der Waals surface area contributed by atoms with Gasteiger partial charge in [-0.1, -0.05) is 72.5 Å². The molecule has 0 aliphatic heterocycles. The van der Waals surface area contributed by atoms with Crippen molar-refractivity contribution >= 4 is 35.3 Å². The fraction of sp³-hybridized carbons (Fsp3) is 0.500. The summed E-state index contributed by atoms with van der Waals surface area (Å²) >= 11 is 2.47. The van der Waals surface area contributed by atoms with Crippen LogP contribution in [-0.2, 0) is 0 Å². The molecule has 0 aromatic heterocycles. The van der Waals surface area contributed by atoms with Crippen molar-refractivity contribution in [2.75, 3.05) is 0 Å². The van der Waals surface area contributed by atoms with Crippen LogP contribution in [0.4, 0.5) is 0 Å². The molecule has 14 heavy (non-hydrogen) atoms. The molecule has 1 rings (SSSR count). The van der Waals surface area contributed by atoms with E-state index < -0.39 is 0 Å². The van der Waals surface area contributed by atoms with E-state index >= 15 is 0 Å². The Hall–Kier alpha value is 0.0149. The first-order valence-corrected chi connectivity index (χ1v) is 6.57. The Bertz CT molecular complexity index is 305. The van der Waals surface area contributed by atoms with Gasteiger partial charge < -0.3 is 0 Å². The number of hydrogen-bond donors (Lipinski definition) is 0. The predicted octanol–water partition coefficient (Wildman–Crippen LogP) is 3.42. The van der Waals surface area contributed by atoms with E-state index in [1.165, 1.54) is 16.6 Å². The summed E-state index contributed by atoms with van der Waals surface area (Å²) in [5, 5.41) is 0. The Balaban J connectivity index is 3.14. The maximum atomic E-state index is 2.47. The lowest BCUT2D eigenvalue weighted by Crippen LogP contribution is -2.18. The Kier molecular flexibility index (Phi) is 4.49. The number of alkyl halides is 1. The molecule has 0 heterocycles. The molecule has 0 saturated carbocycles. The number of rotatable bonds is 3. The van der Waals surface area contributed by atoms with Crippen LogP contribution in [0.2, 0.25) is 6.82 Å². The van der Waals surface area contributed by atoms with E-state index in [0.717, 1.165) is 7.28 Å². The molecule has 1 aromatic rings. The first-order valence-electron chi connectivity index (χ1n) is 5.33. The van der Waals surface area contributed by atoms with Crippen LogP contribution in [0.3, 0.4) is 0 Å². The number of halogens is 1. The summed E-state index contributed by atoms with van der Waals surface area (Å²) in [6, 6.07) is 6.93. The highest BCUT2D eigenvalue weighted by Gasteiger charge is 2.08. The zero-order chi connectivity index (χ0) is 10.7. The Morgan fingerprint density at radius 2 is 1.86 bits per heavy atom. The maximum Gasteiger partial charge on any atom is 0.154 e. The molecule has 76 valence electrons. The lowest BCUT2D eigenvalue weighted by Gasteiger charge is -2.14. The monoisotopic (exact) mass is 300 g/mol. The van der Waals surface area contributed by atoms with Gasteiger partial charge in [-0.3, -0.25) is 0 Å². The van der Waals surface area contributed by atoms with E-state index in [1.54, 1.807) is 0 Å². The minimum Gasteiger partial charge on any atom is -0.0849 e. The summed E-state index contributed by atoms with van der Waals surface area (Å²) < 4.78 is 0.607. The van der Waals surface area contributed by atoms with E-state index in [0.29, 0.717) is 9.84 Å². The molecule has 0 aliphatic carbocycles. The summed E-state index contributed by atoms with van der Waals surface area (Å²) in [5.41, 5.74) is 4.47. The third-order valence-corrected chi connectivity index (χ3v) is 3.35. The Morgan fingerprint density at radius 3 is 2.29 bits per heavy atom. The fourth-order valence-electron chi connectivity index (χ4n) is 1.72. The van der Waals surface area contributed by atoms with Crippen molar-refractivity contribution in [3.05, 3.63) is 29.3 Å².